The Labute approximate surface area is 95.8 Å². The fraction of sp³-hybridized carbons (Fsp3) is 0.182. The van der Waals surface area contributed by atoms with Gasteiger partial charge in [-0.05, 0) is 18.2 Å². The molecule has 0 saturated heterocycles. The second-order valence-electron chi connectivity index (χ2n) is 3.36. The van der Waals surface area contributed by atoms with E-state index in [4.69, 9.17) is 4.74 Å². The molecule has 0 spiro atoms. The summed E-state index contributed by atoms with van der Waals surface area (Å²) in [5.41, 5.74) is 1.04. The summed E-state index contributed by atoms with van der Waals surface area (Å²) in [5.74, 6) is 0.295. The average molecular weight is 268 g/mol. The number of hydrogen-bond acceptors (Lipinski definition) is 2. The third kappa shape index (κ3) is 1.90. The zero-order valence-corrected chi connectivity index (χ0v) is 10.0. The lowest BCUT2D eigenvalue weighted by Crippen LogP contribution is -2.00. The first-order valence-corrected chi connectivity index (χ1v) is 5.30. The molecule has 2 aromatic rings. The van der Waals surface area contributed by atoms with Crippen LogP contribution in [0.15, 0.2) is 28.9 Å². The molecule has 15 heavy (non-hydrogen) atoms. The van der Waals surface area contributed by atoms with Gasteiger partial charge in [-0.1, -0.05) is 15.9 Å². The molecule has 4 heteroatoms. The normalized spacial score (nSPS) is 10.6. The van der Waals surface area contributed by atoms with Crippen molar-refractivity contribution in [2.24, 2.45) is 7.05 Å². The number of halogens is 1. The van der Waals surface area contributed by atoms with Gasteiger partial charge in [0.2, 0.25) is 0 Å². The highest BCUT2D eigenvalue weighted by Crippen LogP contribution is 2.30. The molecule has 0 aliphatic carbocycles. The topological polar surface area (TPSA) is 31.2 Å². The van der Waals surface area contributed by atoms with Gasteiger partial charge in [0.1, 0.15) is 0 Å². The zero-order chi connectivity index (χ0) is 11.0. The van der Waals surface area contributed by atoms with E-state index in [1.807, 2.05) is 29.8 Å². The van der Waals surface area contributed by atoms with Gasteiger partial charge in [0, 0.05) is 30.0 Å². The highest BCUT2D eigenvalue weighted by Gasteiger charge is 2.09. The summed E-state index contributed by atoms with van der Waals surface area (Å²) in [6.07, 6.45) is 1.80. The number of fused-ring (bicyclic) bond motifs is 1. The number of carbonyl (C=O) groups is 1. The minimum absolute atomic E-state index is 0.303. The van der Waals surface area contributed by atoms with Crippen LogP contribution in [0.4, 0.5) is 0 Å². The molecule has 0 atom stereocenters. The van der Waals surface area contributed by atoms with Crippen LogP contribution in [-0.2, 0) is 11.8 Å². The lowest BCUT2D eigenvalue weighted by atomic mass is 10.2. The molecule has 0 amide bonds. The van der Waals surface area contributed by atoms with Crippen LogP contribution in [-0.4, -0.2) is 10.5 Å². The molecule has 0 N–H and O–H groups in total. The first kappa shape index (κ1) is 10.2. The molecular weight excluding hydrogens is 258 g/mol. The maximum absolute atomic E-state index is 10.9. The molecule has 78 valence electrons. The lowest BCUT2D eigenvalue weighted by Gasteiger charge is -1.98. The minimum atomic E-state index is -0.303. The van der Waals surface area contributed by atoms with Crippen molar-refractivity contribution in [2.45, 2.75) is 6.92 Å². The Balaban J connectivity index is 2.64. The van der Waals surface area contributed by atoms with Crippen molar-refractivity contribution < 1.29 is 9.53 Å². The van der Waals surface area contributed by atoms with E-state index in [0.717, 1.165) is 15.4 Å². The van der Waals surface area contributed by atoms with E-state index < -0.39 is 0 Å². The summed E-state index contributed by atoms with van der Waals surface area (Å²) in [6, 6.07) is 5.87. The fourth-order valence-corrected chi connectivity index (χ4v) is 1.93. The SMILES string of the molecule is CC(=O)Oc1cn(C)c2ccc(Br)cc12. The monoisotopic (exact) mass is 267 g/mol. The van der Waals surface area contributed by atoms with E-state index in [1.54, 1.807) is 6.20 Å². The Hall–Kier alpha value is -1.29. The van der Waals surface area contributed by atoms with Gasteiger partial charge >= 0.3 is 5.97 Å². The Morgan fingerprint density at radius 2 is 2.20 bits per heavy atom. The number of hydrogen-bond donors (Lipinski definition) is 0. The van der Waals surface area contributed by atoms with Crippen molar-refractivity contribution in [3.8, 4) is 5.75 Å². The standard InChI is InChI=1S/C11H10BrNO2/c1-7(14)15-11-6-13(2)10-4-3-8(12)5-9(10)11/h3-6H,1-2H3. The number of benzene rings is 1. The van der Waals surface area contributed by atoms with Gasteiger partial charge in [-0.3, -0.25) is 4.79 Å². The fourth-order valence-electron chi connectivity index (χ4n) is 1.56. The molecule has 3 nitrogen and oxygen atoms in total. The van der Waals surface area contributed by atoms with Gasteiger partial charge in [-0.15, -0.1) is 0 Å². The van der Waals surface area contributed by atoms with Crippen molar-refractivity contribution >= 4 is 32.8 Å². The van der Waals surface area contributed by atoms with Gasteiger partial charge < -0.3 is 9.30 Å². The van der Waals surface area contributed by atoms with E-state index in [1.165, 1.54) is 6.92 Å². The summed E-state index contributed by atoms with van der Waals surface area (Å²) in [5, 5.41) is 0.932. The van der Waals surface area contributed by atoms with E-state index >= 15 is 0 Å². The smallest absolute Gasteiger partial charge is 0.308 e. The zero-order valence-electron chi connectivity index (χ0n) is 8.45. The second kappa shape index (κ2) is 3.70. The summed E-state index contributed by atoms with van der Waals surface area (Å²) in [7, 11) is 1.92. The second-order valence-corrected chi connectivity index (χ2v) is 4.28. The summed E-state index contributed by atoms with van der Waals surface area (Å²) < 4.78 is 8.02. The van der Waals surface area contributed by atoms with Crippen LogP contribution in [0, 0.1) is 0 Å². The predicted molar refractivity (Wildman–Crippen MR) is 61.9 cm³/mol. The van der Waals surface area contributed by atoms with Crippen molar-refractivity contribution in [2.75, 3.05) is 0 Å². The van der Waals surface area contributed by atoms with E-state index in [-0.39, 0.29) is 5.97 Å². The summed E-state index contributed by atoms with van der Waals surface area (Å²) in [6.45, 7) is 1.40. The molecule has 0 aliphatic rings. The first-order chi connectivity index (χ1) is 7.08. The number of nitrogens with zero attached hydrogens (tertiary/aromatic N) is 1. The number of rotatable bonds is 1. The molecule has 0 unspecified atom stereocenters. The van der Waals surface area contributed by atoms with Crippen LogP contribution >= 0.6 is 15.9 Å². The number of carbonyl (C=O) groups excluding carboxylic acids is 1. The van der Waals surface area contributed by atoms with E-state index in [2.05, 4.69) is 15.9 Å². The molecule has 0 aliphatic heterocycles. The molecular formula is C11H10BrNO2. The van der Waals surface area contributed by atoms with Crippen molar-refractivity contribution in [3.63, 3.8) is 0 Å². The average Bonchev–Trinajstić information content (AvgIpc) is 2.42. The highest BCUT2D eigenvalue weighted by molar-refractivity contribution is 9.10. The maximum atomic E-state index is 10.9. The number of esters is 1. The van der Waals surface area contributed by atoms with Gasteiger partial charge in [-0.2, -0.15) is 0 Å². The lowest BCUT2D eigenvalue weighted by molar-refractivity contribution is -0.131. The molecule has 1 heterocycles. The van der Waals surface area contributed by atoms with E-state index in [9.17, 15) is 4.79 Å². The summed E-state index contributed by atoms with van der Waals surface area (Å²) in [4.78, 5) is 10.9. The summed E-state index contributed by atoms with van der Waals surface area (Å²) >= 11 is 3.39. The minimum Gasteiger partial charge on any atom is -0.424 e. The van der Waals surface area contributed by atoms with Crippen LogP contribution < -0.4 is 4.74 Å². The maximum Gasteiger partial charge on any atom is 0.308 e. The van der Waals surface area contributed by atoms with Crippen molar-refractivity contribution in [1.82, 2.24) is 4.57 Å². The van der Waals surface area contributed by atoms with Gasteiger partial charge in [-0.25, -0.2) is 0 Å². The predicted octanol–water partition coefficient (Wildman–Crippen LogP) is 2.87. The number of aromatic nitrogens is 1. The van der Waals surface area contributed by atoms with Crippen LogP contribution in [0.3, 0.4) is 0 Å². The van der Waals surface area contributed by atoms with Gasteiger partial charge in [0.15, 0.2) is 5.75 Å². The Morgan fingerprint density at radius 1 is 1.47 bits per heavy atom. The Bertz CT molecular complexity index is 531. The van der Waals surface area contributed by atoms with Gasteiger partial charge in [0.25, 0.3) is 0 Å². The largest absolute Gasteiger partial charge is 0.424 e. The quantitative estimate of drug-likeness (QED) is 0.745. The molecule has 1 aromatic heterocycles. The van der Waals surface area contributed by atoms with Crippen LogP contribution in [0.2, 0.25) is 0 Å². The number of aryl methyl sites for hydroxylation is 1. The molecule has 2 rings (SSSR count). The number of ether oxygens (including phenoxy) is 1. The third-order valence-corrected chi connectivity index (χ3v) is 2.66. The van der Waals surface area contributed by atoms with Gasteiger partial charge in [0.05, 0.1) is 5.52 Å². The first-order valence-electron chi connectivity index (χ1n) is 4.51. The molecule has 0 bridgehead atoms. The molecule has 1 aromatic carbocycles. The van der Waals surface area contributed by atoms with Crippen molar-refractivity contribution in [1.29, 1.82) is 0 Å². The van der Waals surface area contributed by atoms with E-state index in [0.29, 0.717) is 5.75 Å². The Kier molecular flexibility index (Phi) is 2.52. The van der Waals surface area contributed by atoms with Crippen molar-refractivity contribution in [3.05, 3.63) is 28.9 Å². The van der Waals surface area contributed by atoms with Crippen LogP contribution in [0.25, 0.3) is 10.9 Å². The van der Waals surface area contributed by atoms with Crippen LogP contribution in [0.1, 0.15) is 6.92 Å². The Morgan fingerprint density at radius 3 is 2.87 bits per heavy atom. The van der Waals surface area contributed by atoms with Crippen LogP contribution in [0.5, 0.6) is 5.75 Å². The molecule has 0 saturated carbocycles. The molecule has 0 radical (unpaired) electrons. The highest BCUT2D eigenvalue weighted by atomic mass is 79.9. The third-order valence-electron chi connectivity index (χ3n) is 2.17. The molecule has 0 fully saturated rings.